The van der Waals surface area contributed by atoms with Crippen LogP contribution in [0.25, 0.3) is 10.9 Å². The number of aromatic nitrogens is 1. The number of fused-ring (bicyclic) bond motifs is 1. The molecule has 1 aliphatic rings. The molecule has 1 aliphatic heterocycles. The highest BCUT2D eigenvalue weighted by Crippen LogP contribution is 2.29. The van der Waals surface area contributed by atoms with E-state index in [2.05, 4.69) is 29.0 Å². The maximum absolute atomic E-state index is 13.0. The van der Waals surface area contributed by atoms with Gasteiger partial charge in [-0.1, -0.05) is 36.9 Å². The second-order valence-electron chi connectivity index (χ2n) is 8.37. The lowest BCUT2D eigenvalue weighted by molar-refractivity contribution is -0.131. The summed E-state index contributed by atoms with van der Waals surface area (Å²) in [4.78, 5) is 31.8. The van der Waals surface area contributed by atoms with Gasteiger partial charge in [-0.3, -0.25) is 9.59 Å². The van der Waals surface area contributed by atoms with Gasteiger partial charge < -0.3 is 20.1 Å². The first-order valence-electron chi connectivity index (χ1n) is 10.9. The van der Waals surface area contributed by atoms with Crippen LogP contribution in [-0.4, -0.2) is 52.8 Å². The zero-order valence-corrected chi connectivity index (χ0v) is 18.8. The molecular weight excluding hydrogens is 428 g/mol. The average Bonchev–Trinajstić information content (AvgIpc) is 3.48. The maximum atomic E-state index is 13.0. The molecule has 2 N–H and O–H groups in total. The van der Waals surface area contributed by atoms with Crippen molar-refractivity contribution < 1.29 is 9.59 Å². The molecule has 8 nitrogen and oxygen atoms in total. The minimum Gasteiger partial charge on any atom is -0.359 e. The van der Waals surface area contributed by atoms with E-state index >= 15 is 0 Å². The summed E-state index contributed by atoms with van der Waals surface area (Å²) in [5.74, 6) is -0.744. The van der Waals surface area contributed by atoms with Crippen LogP contribution in [0.4, 0.5) is 5.69 Å². The number of likely N-dealkylation sites (N-methyl/N-ethyl adjacent to an activating group) is 1. The molecule has 4 rings (SSSR count). The van der Waals surface area contributed by atoms with E-state index in [1.54, 1.807) is 25.2 Å². The van der Waals surface area contributed by atoms with Gasteiger partial charge in [0.2, 0.25) is 5.91 Å². The van der Waals surface area contributed by atoms with Crippen LogP contribution in [-0.2, 0) is 4.79 Å². The minimum absolute atomic E-state index is 0.0760. The third-order valence-corrected chi connectivity index (χ3v) is 6.07. The van der Waals surface area contributed by atoms with Crippen LogP contribution in [0.5, 0.6) is 0 Å². The second kappa shape index (κ2) is 9.51. The van der Waals surface area contributed by atoms with Crippen molar-refractivity contribution in [2.45, 2.75) is 12.5 Å². The quantitative estimate of drug-likeness (QED) is 0.594. The molecule has 1 saturated heterocycles. The van der Waals surface area contributed by atoms with E-state index in [0.717, 1.165) is 16.8 Å². The highest BCUT2D eigenvalue weighted by atomic mass is 16.2. The van der Waals surface area contributed by atoms with Crippen molar-refractivity contribution in [2.75, 3.05) is 25.5 Å². The summed E-state index contributed by atoms with van der Waals surface area (Å²) >= 11 is 0. The van der Waals surface area contributed by atoms with Gasteiger partial charge in [0.05, 0.1) is 23.7 Å². The fourth-order valence-corrected chi connectivity index (χ4v) is 4.23. The molecule has 8 heteroatoms. The number of carbonyl (C=O) groups excluding carboxylic acids is 2. The Morgan fingerprint density at radius 3 is 2.68 bits per heavy atom. The average molecular weight is 453 g/mol. The van der Waals surface area contributed by atoms with Gasteiger partial charge in [-0.15, -0.1) is 0 Å². The van der Waals surface area contributed by atoms with E-state index in [0.29, 0.717) is 29.7 Å². The van der Waals surface area contributed by atoms with Crippen LogP contribution >= 0.6 is 0 Å². The van der Waals surface area contributed by atoms with E-state index in [-0.39, 0.29) is 24.3 Å². The standard InChI is InChI=1S/C26H24N6O2/c1-17(29-21-9-4-3-5-10-21)20-11-22(14-28)32(15-20)24(33)16-31(2)26(34)23-12-18-7-6-8-19(13-27)25(18)30-23/h3-10,12,20,22,29-30H,1,11,15-16H2,2H3. The maximum Gasteiger partial charge on any atom is 0.270 e. The number of para-hydroxylation sites is 2. The van der Waals surface area contributed by atoms with E-state index in [1.807, 2.05) is 36.4 Å². The van der Waals surface area contributed by atoms with Crippen LogP contribution in [0.15, 0.2) is 66.9 Å². The molecule has 1 fully saturated rings. The van der Waals surface area contributed by atoms with Gasteiger partial charge in [0.25, 0.3) is 5.91 Å². The molecule has 2 unspecified atom stereocenters. The van der Waals surface area contributed by atoms with E-state index in [9.17, 15) is 20.1 Å². The first-order valence-corrected chi connectivity index (χ1v) is 10.9. The molecule has 3 aromatic rings. The van der Waals surface area contributed by atoms with Gasteiger partial charge in [-0.25, -0.2) is 0 Å². The topological polar surface area (TPSA) is 116 Å². The van der Waals surface area contributed by atoms with Gasteiger partial charge >= 0.3 is 0 Å². The molecule has 2 amide bonds. The predicted octanol–water partition coefficient (Wildman–Crippen LogP) is 3.48. The van der Waals surface area contributed by atoms with Crippen molar-refractivity contribution in [2.24, 2.45) is 5.92 Å². The number of nitrogens with zero attached hydrogens (tertiary/aromatic N) is 4. The lowest BCUT2D eigenvalue weighted by atomic mass is 10.0. The van der Waals surface area contributed by atoms with Gasteiger partial charge in [-0.2, -0.15) is 10.5 Å². The molecule has 0 radical (unpaired) electrons. The minimum atomic E-state index is -0.582. The summed E-state index contributed by atoms with van der Waals surface area (Å²) in [5, 5.41) is 22.9. The molecule has 0 bridgehead atoms. The van der Waals surface area contributed by atoms with E-state index in [4.69, 9.17) is 0 Å². The zero-order valence-electron chi connectivity index (χ0n) is 18.8. The Morgan fingerprint density at radius 2 is 1.97 bits per heavy atom. The molecular formula is C26H24N6O2. The van der Waals surface area contributed by atoms with Gasteiger partial charge in [0.1, 0.15) is 17.8 Å². The Bertz CT molecular complexity index is 1330. The van der Waals surface area contributed by atoms with Crippen molar-refractivity contribution in [1.29, 1.82) is 10.5 Å². The molecule has 0 aliphatic carbocycles. The fraction of sp³-hybridized carbons (Fsp3) is 0.231. The Morgan fingerprint density at radius 1 is 1.21 bits per heavy atom. The van der Waals surface area contributed by atoms with Gasteiger partial charge in [0.15, 0.2) is 0 Å². The highest BCUT2D eigenvalue weighted by molar-refractivity contribution is 6.00. The number of likely N-dealkylation sites (tertiary alicyclic amines) is 1. The van der Waals surface area contributed by atoms with Crippen molar-refractivity contribution in [3.05, 3.63) is 78.1 Å². The number of H-pyrrole nitrogens is 1. The molecule has 2 heterocycles. The number of rotatable bonds is 6. The molecule has 2 atom stereocenters. The number of aromatic amines is 1. The highest BCUT2D eigenvalue weighted by Gasteiger charge is 2.37. The number of nitrogens with one attached hydrogen (secondary N) is 2. The predicted molar refractivity (Wildman–Crippen MR) is 128 cm³/mol. The summed E-state index contributed by atoms with van der Waals surface area (Å²) in [6, 6.07) is 20.2. The summed E-state index contributed by atoms with van der Waals surface area (Å²) in [6.07, 6.45) is 0.484. The number of amides is 2. The van der Waals surface area contributed by atoms with E-state index in [1.165, 1.54) is 9.80 Å². The monoisotopic (exact) mass is 452 g/mol. The second-order valence-corrected chi connectivity index (χ2v) is 8.37. The van der Waals surface area contributed by atoms with Gasteiger partial charge in [0, 0.05) is 36.3 Å². The number of hydrogen-bond donors (Lipinski definition) is 2. The Kier molecular flexibility index (Phi) is 6.33. The third-order valence-electron chi connectivity index (χ3n) is 6.07. The smallest absolute Gasteiger partial charge is 0.270 e. The molecule has 0 saturated carbocycles. The van der Waals surface area contributed by atoms with Crippen molar-refractivity contribution >= 4 is 28.4 Å². The normalized spacial score (nSPS) is 17.1. The van der Waals surface area contributed by atoms with Gasteiger partial charge in [-0.05, 0) is 30.7 Å². The van der Waals surface area contributed by atoms with Crippen LogP contribution in [0, 0.1) is 28.6 Å². The molecule has 170 valence electrons. The fourth-order valence-electron chi connectivity index (χ4n) is 4.23. The molecule has 1 aromatic heterocycles. The summed E-state index contributed by atoms with van der Waals surface area (Å²) in [7, 11) is 1.54. The Hall–Kier alpha value is -4.56. The zero-order chi connectivity index (χ0) is 24.2. The number of nitriles is 2. The molecule has 0 spiro atoms. The van der Waals surface area contributed by atoms with Crippen molar-refractivity contribution in [3.63, 3.8) is 0 Å². The van der Waals surface area contributed by atoms with Crippen LogP contribution in [0.3, 0.4) is 0 Å². The summed E-state index contributed by atoms with van der Waals surface area (Å²) in [5.41, 5.74) is 2.97. The first kappa shape index (κ1) is 22.6. The lowest BCUT2D eigenvalue weighted by Crippen LogP contribution is -2.43. The van der Waals surface area contributed by atoms with Crippen molar-refractivity contribution in [1.82, 2.24) is 14.8 Å². The number of carbonyl (C=O) groups is 2. The number of anilines is 1. The molecule has 2 aromatic carbocycles. The van der Waals surface area contributed by atoms with Crippen molar-refractivity contribution in [3.8, 4) is 12.1 Å². The summed E-state index contributed by atoms with van der Waals surface area (Å²) in [6.45, 7) is 4.30. The largest absolute Gasteiger partial charge is 0.359 e. The SMILES string of the molecule is C=C(Nc1ccccc1)C1CC(C#N)N(C(=O)CN(C)C(=O)c2cc3cccc(C#N)c3[nH]2)C1. The number of benzene rings is 2. The Balaban J connectivity index is 1.42. The lowest BCUT2D eigenvalue weighted by Gasteiger charge is -2.24. The third kappa shape index (κ3) is 4.48. The van der Waals surface area contributed by atoms with Crippen LogP contribution in [0.2, 0.25) is 0 Å². The Labute approximate surface area is 197 Å². The van der Waals surface area contributed by atoms with Crippen LogP contribution in [0.1, 0.15) is 22.5 Å². The first-order chi connectivity index (χ1) is 16.4. The van der Waals surface area contributed by atoms with E-state index < -0.39 is 6.04 Å². The number of hydrogen-bond acceptors (Lipinski definition) is 5. The molecule has 34 heavy (non-hydrogen) atoms. The van der Waals surface area contributed by atoms with Crippen LogP contribution < -0.4 is 5.32 Å². The summed E-state index contributed by atoms with van der Waals surface area (Å²) < 4.78 is 0.